The number of likely N-dealkylation sites (N-methyl/N-ethyl adjacent to an activating group) is 1. The van der Waals surface area contributed by atoms with Crippen LogP contribution in [0.3, 0.4) is 0 Å². The minimum absolute atomic E-state index is 0.0713. The summed E-state index contributed by atoms with van der Waals surface area (Å²) in [6.07, 6.45) is 3.57. The van der Waals surface area contributed by atoms with E-state index in [1.54, 1.807) is 17.4 Å². The number of rotatable bonds is 6. The van der Waals surface area contributed by atoms with Gasteiger partial charge in [-0.25, -0.2) is 9.78 Å². The average molecular weight is 339 g/mol. The lowest BCUT2D eigenvalue weighted by Crippen LogP contribution is -2.38. The maximum Gasteiger partial charge on any atom is 0.317 e. The van der Waals surface area contributed by atoms with E-state index in [0.29, 0.717) is 13.1 Å². The van der Waals surface area contributed by atoms with Crippen molar-refractivity contribution in [1.82, 2.24) is 24.3 Å². The second-order valence-corrected chi connectivity index (χ2v) is 6.25. The molecule has 3 aromatic rings. The number of nitrogens with zero attached hydrogens (tertiary/aromatic N) is 4. The van der Waals surface area contributed by atoms with E-state index in [2.05, 4.69) is 46.9 Å². The predicted molar refractivity (Wildman–Crippen MR) is 99.4 cm³/mol. The highest BCUT2D eigenvalue weighted by molar-refractivity contribution is 5.81. The molecule has 6 heteroatoms. The van der Waals surface area contributed by atoms with Crippen LogP contribution >= 0.6 is 0 Å². The summed E-state index contributed by atoms with van der Waals surface area (Å²) in [6, 6.07) is 10.4. The fourth-order valence-corrected chi connectivity index (χ4v) is 3.08. The number of carbonyl (C=O) groups excluding carboxylic acids is 1. The number of aryl methyl sites for hydroxylation is 2. The number of hydrogen-bond donors (Lipinski definition) is 1. The lowest BCUT2D eigenvalue weighted by Gasteiger charge is -2.19. The molecule has 1 N–H and O–H groups in total. The normalized spacial score (nSPS) is 11.0. The van der Waals surface area contributed by atoms with Gasteiger partial charge in [0.05, 0.1) is 18.6 Å². The topological polar surface area (TPSA) is 55.1 Å². The zero-order valence-electron chi connectivity index (χ0n) is 15.1. The maximum absolute atomic E-state index is 12.3. The number of para-hydroxylation sites is 1. The van der Waals surface area contributed by atoms with E-state index in [4.69, 9.17) is 0 Å². The first-order valence-electron chi connectivity index (χ1n) is 8.63. The lowest BCUT2D eigenvalue weighted by atomic mass is 10.2. The van der Waals surface area contributed by atoms with E-state index in [1.807, 2.05) is 23.7 Å². The van der Waals surface area contributed by atoms with Gasteiger partial charge in [0.25, 0.3) is 0 Å². The zero-order chi connectivity index (χ0) is 17.8. The van der Waals surface area contributed by atoms with E-state index in [0.717, 1.165) is 18.8 Å². The molecule has 0 aliphatic carbocycles. The van der Waals surface area contributed by atoms with Gasteiger partial charge in [0.15, 0.2) is 0 Å². The molecule has 1 aromatic carbocycles. The third-order valence-electron chi connectivity index (χ3n) is 4.58. The number of imidazole rings is 1. The lowest BCUT2D eigenvalue weighted by molar-refractivity contribution is 0.206. The molecule has 2 aromatic heterocycles. The van der Waals surface area contributed by atoms with Gasteiger partial charge in [-0.2, -0.15) is 0 Å². The minimum Gasteiger partial charge on any atom is -0.343 e. The Bertz CT molecular complexity index is 864. The van der Waals surface area contributed by atoms with E-state index < -0.39 is 0 Å². The summed E-state index contributed by atoms with van der Waals surface area (Å²) in [5.74, 6) is 0. The van der Waals surface area contributed by atoms with Gasteiger partial charge in [-0.15, -0.1) is 0 Å². The summed E-state index contributed by atoms with van der Waals surface area (Å²) in [4.78, 5) is 18.2. The van der Waals surface area contributed by atoms with E-state index >= 15 is 0 Å². The smallest absolute Gasteiger partial charge is 0.317 e. The highest BCUT2D eigenvalue weighted by Crippen LogP contribution is 2.18. The highest BCUT2D eigenvalue weighted by Gasteiger charge is 2.11. The summed E-state index contributed by atoms with van der Waals surface area (Å²) in [5.41, 5.74) is 3.43. The standard InChI is InChI=1S/C19H25N5O/c1-4-23-14-20-12-17(23)13-21-19(25)22(3)9-10-24-15(2)11-16-7-5-6-8-18(16)24/h5-8,11-12,14H,4,9-10,13H2,1-3H3,(H,21,25). The number of amides is 2. The number of fused-ring (bicyclic) bond motifs is 1. The summed E-state index contributed by atoms with van der Waals surface area (Å²) >= 11 is 0. The fourth-order valence-electron chi connectivity index (χ4n) is 3.08. The van der Waals surface area contributed by atoms with Gasteiger partial charge in [-0.1, -0.05) is 18.2 Å². The number of urea groups is 1. The molecule has 0 radical (unpaired) electrons. The second-order valence-electron chi connectivity index (χ2n) is 6.25. The van der Waals surface area contributed by atoms with Crippen molar-refractivity contribution in [2.24, 2.45) is 0 Å². The summed E-state index contributed by atoms with van der Waals surface area (Å²) in [6.45, 7) is 6.92. The number of hydrogen-bond acceptors (Lipinski definition) is 2. The Kier molecular flexibility index (Phi) is 5.07. The number of aromatic nitrogens is 3. The van der Waals surface area contributed by atoms with Gasteiger partial charge >= 0.3 is 6.03 Å². The molecule has 0 aliphatic heterocycles. The van der Waals surface area contributed by atoms with Gasteiger partial charge in [0.1, 0.15) is 0 Å². The number of benzene rings is 1. The fraction of sp³-hybridized carbons (Fsp3) is 0.368. The first-order valence-corrected chi connectivity index (χ1v) is 8.63. The number of carbonyl (C=O) groups is 1. The van der Waals surface area contributed by atoms with Gasteiger partial charge in [0.2, 0.25) is 0 Å². The molecule has 6 nitrogen and oxygen atoms in total. The predicted octanol–water partition coefficient (Wildman–Crippen LogP) is 3.01. The van der Waals surface area contributed by atoms with Crippen molar-refractivity contribution in [2.45, 2.75) is 33.5 Å². The summed E-state index contributed by atoms with van der Waals surface area (Å²) in [7, 11) is 1.83. The minimum atomic E-state index is -0.0713. The van der Waals surface area contributed by atoms with E-state index in [9.17, 15) is 4.79 Å². The molecular formula is C19H25N5O. The third-order valence-corrected chi connectivity index (χ3v) is 4.58. The Morgan fingerprint density at radius 2 is 2.12 bits per heavy atom. The van der Waals surface area contributed by atoms with Crippen LogP contribution in [0.4, 0.5) is 4.79 Å². The summed E-state index contributed by atoms with van der Waals surface area (Å²) < 4.78 is 4.28. The van der Waals surface area contributed by atoms with Crippen molar-refractivity contribution < 1.29 is 4.79 Å². The van der Waals surface area contributed by atoms with Gasteiger partial charge < -0.3 is 19.4 Å². The van der Waals surface area contributed by atoms with Gasteiger partial charge in [0, 0.05) is 44.1 Å². The molecule has 0 fully saturated rings. The first-order chi connectivity index (χ1) is 12.1. The van der Waals surface area contributed by atoms with Crippen molar-refractivity contribution in [3.05, 3.63) is 54.2 Å². The van der Waals surface area contributed by atoms with Crippen LogP contribution in [0.5, 0.6) is 0 Å². The molecule has 0 saturated carbocycles. The Morgan fingerprint density at radius 3 is 2.92 bits per heavy atom. The molecule has 0 bridgehead atoms. The van der Waals surface area contributed by atoms with Crippen LogP contribution in [0.1, 0.15) is 18.3 Å². The highest BCUT2D eigenvalue weighted by atomic mass is 16.2. The van der Waals surface area contributed by atoms with Crippen molar-refractivity contribution in [3.63, 3.8) is 0 Å². The van der Waals surface area contributed by atoms with Gasteiger partial charge in [-0.05, 0) is 31.4 Å². The molecule has 2 amide bonds. The van der Waals surface area contributed by atoms with Crippen LogP contribution in [0.2, 0.25) is 0 Å². The SMILES string of the molecule is CCn1cncc1CNC(=O)N(C)CCn1c(C)cc2ccccc21. The molecule has 0 unspecified atom stereocenters. The quantitative estimate of drug-likeness (QED) is 0.750. The van der Waals surface area contributed by atoms with Crippen molar-refractivity contribution in [2.75, 3.05) is 13.6 Å². The Labute approximate surface area is 148 Å². The van der Waals surface area contributed by atoms with Crippen LogP contribution in [-0.2, 0) is 19.6 Å². The second kappa shape index (κ2) is 7.42. The van der Waals surface area contributed by atoms with Crippen LogP contribution in [0.15, 0.2) is 42.9 Å². The Morgan fingerprint density at radius 1 is 1.32 bits per heavy atom. The molecule has 3 rings (SSSR count). The van der Waals surface area contributed by atoms with Crippen LogP contribution in [-0.4, -0.2) is 38.6 Å². The maximum atomic E-state index is 12.3. The first kappa shape index (κ1) is 17.1. The monoisotopic (exact) mass is 339 g/mol. The van der Waals surface area contributed by atoms with Gasteiger partial charge in [-0.3, -0.25) is 0 Å². The van der Waals surface area contributed by atoms with Crippen molar-refractivity contribution in [1.29, 1.82) is 0 Å². The Balaban J connectivity index is 1.57. The Hall–Kier alpha value is -2.76. The van der Waals surface area contributed by atoms with Crippen molar-refractivity contribution in [3.8, 4) is 0 Å². The van der Waals surface area contributed by atoms with Crippen LogP contribution < -0.4 is 5.32 Å². The van der Waals surface area contributed by atoms with Crippen LogP contribution in [0, 0.1) is 6.92 Å². The number of nitrogens with one attached hydrogen (secondary N) is 1. The van der Waals surface area contributed by atoms with Crippen molar-refractivity contribution >= 4 is 16.9 Å². The molecule has 0 spiro atoms. The third kappa shape index (κ3) is 3.68. The molecule has 2 heterocycles. The molecule has 0 atom stereocenters. The summed E-state index contributed by atoms with van der Waals surface area (Å²) in [5, 5.41) is 4.19. The molecular weight excluding hydrogens is 314 g/mol. The van der Waals surface area contributed by atoms with Crippen LogP contribution in [0.25, 0.3) is 10.9 Å². The van der Waals surface area contributed by atoms with E-state index in [1.165, 1.54) is 16.6 Å². The zero-order valence-corrected chi connectivity index (χ0v) is 15.1. The molecule has 0 aliphatic rings. The molecule has 132 valence electrons. The average Bonchev–Trinajstić information content (AvgIpc) is 3.20. The largest absolute Gasteiger partial charge is 0.343 e. The van der Waals surface area contributed by atoms with E-state index in [-0.39, 0.29) is 6.03 Å². The molecule has 0 saturated heterocycles. The molecule has 25 heavy (non-hydrogen) atoms.